The van der Waals surface area contributed by atoms with Gasteiger partial charge < -0.3 is 15.4 Å². The summed E-state index contributed by atoms with van der Waals surface area (Å²) in [5, 5.41) is 16.5. The van der Waals surface area contributed by atoms with Gasteiger partial charge in [-0.05, 0) is 54.3 Å². The van der Waals surface area contributed by atoms with E-state index >= 15 is 0 Å². The lowest BCUT2D eigenvalue weighted by atomic mass is 9.97. The lowest BCUT2D eigenvalue weighted by Crippen LogP contribution is -2.43. The number of hydrogen-bond donors (Lipinski definition) is 3. The van der Waals surface area contributed by atoms with Crippen LogP contribution in [0.15, 0.2) is 53.5 Å². The Bertz CT molecular complexity index is 1530. The molecule has 0 saturated heterocycles. The zero-order valence-electron chi connectivity index (χ0n) is 20.2. The molecule has 1 amide bonds. The maximum atomic E-state index is 14.7. The molecule has 0 spiro atoms. The van der Waals surface area contributed by atoms with Crippen molar-refractivity contribution in [1.82, 2.24) is 19.9 Å². The Morgan fingerprint density at radius 2 is 1.89 bits per heavy atom. The van der Waals surface area contributed by atoms with E-state index in [-0.39, 0.29) is 28.4 Å². The number of halogens is 4. The van der Waals surface area contributed by atoms with E-state index in [2.05, 4.69) is 15.4 Å². The van der Waals surface area contributed by atoms with Gasteiger partial charge in [0.05, 0.1) is 5.56 Å². The topological polar surface area (TPSA) is 99.5 Å². The number of hydrogen-bond acceptors (Lipinski definition) is 4. The second kappa shape index (κ2) is 10.0. The number of aromatic nitrogens is 3. The van der Waals surface area contributed by atoms with Gasteiger partial charge in [0.15, 0.2) is 5.82 Å². The number of aryl methyl sites for hydroxylation is 1. The molecule has 0 aliphatic rings. The number of aromatic amines is 1. The van der Waals surface area contributed by atoms with Gasteiger partial charge in [0.25, 0.3) is 17.4 Å². The Kier molecular flexibility index (Phi) is 7.16. The van der Waals surface area contributed by atoms with Crippen LogP contribution in [0.25, 0.3) is 16.9 Å². The van der Waals surface area contributed by atoms with Crippen molar-refractivity contribution in [2.24, 2.45) is 0 Å². The van der Waals surface area contributed by atoms with Crippen molar-refractivity contribution in [2.75, 3.05) is 6.61 Å². The molecule has 2 aromatic carbocycles. The number of nitrogens with one attached hydrogen (secondary N) is 2. The minimum atomic E-state index is -3.75. The molecule has 4 aromatic rings. The summed E-state index contributed by atoms with van der Waals surface area (Å²) in [7, 11) is 0. The van der Waals surface area contributed by atoms with Crippen LogP contribution in [0.3, 0.4) is 0 Å². The molecule has 0 aliphatic heterocycles. The first-order valence-electron chi connectivity index (χ1n) is 11.4. The van der Waals surface area contributed by atoms with Crippen LogP contribution in [0.1, 0.15) is 52.9 Å². The number of carbonyl (C=O) groups is 1. The van der Waals surface area contributed by atoms with Crippen molar-refractivity contribution in [3.63, 3.8) is 0 Å². The van der Waals surface area contributed by atoms with Crippen LogP contribution in [-0.4, -0.2) is 38.1 Å². The van der Waals surface area contributed by atoms with Crippen LogP contribution in [0.5, 0.6) is 0 Å². The molecule has 0 aliphatic carbocycles. The van der Waals surface area contributed by atoms with E-state index in [0.29, 0.717) is 16.1 Å². The van der Waals surface area contributed by atoms with Crippen LogP contribution in [0.2, 0.25) is 5.02 Å². The molecule has 2 aromatic heterocycles. The van der Waals surface area contributed by atoms with E-state index in [4.69, 9.17) is 11.6 Å². The van der Waals surface area contributed by atoms with E-state index in [9.17, 15) is 27.9 Å². The van der Waals surface area contributed by atoms with Crippen LogP contribution >= 0.6 is 11.6 Å². The standard InChI is InChI=1S/C26H24ClF3N4O3/c1-13(2)20-18(24(36)31-22(26(29,30)12-35)15-4-7-17(28)8-5-15)11-34-21(20)25(37)32-23(33-34)16-6-9-19(27)14(3)10-16/h4-11,13,22,35H,12H2,1-3H3,(H,31,36)(H,32,33,37)/t22-/m0/s1. The van der Waals surface area contributed by atoms with Gasteiger partial charge in [-0.1, -0.05) is 37.6 Å². The number of alkyl halides is 2. The first kappa shape index (κ1) is 26.4. The number of aliphatic hydroxyl groups excluding tert-OH is 1. The Labute approximate surface area is 214 Å². The fourth-order valence-corrected chi connectivity index (χ4v) is 4.30. The van der Waals surface area contributed by atoms with Gasteiger partial charge in [-0.3, -0.25) is 9.59 Å². The molecule has 7 nitrogen and oxygen atoms in total. The van der Waals surface area contributed by atoms with E-state index in [1.165, 1.54) is 10.7 Å². The van der Waals surface area contributed by atoms with Crippen LogP contribution in [0.4, 0.5) is 13.2 Å². The maximum Gasteiger partial charge on any atom is 0.294 e. The van der Waals surface area contributed by atoms with Crippen molar-refractivity contribution < 1.29 is 23.1 Å². The van der Waals surface area contributed by atoms with Crippen molar-refractivity contribution in [3.05, 3.63) is 92.1 Å². The molecule has 1 atom stereocenters. The minimum Gasteiger partial charge on any atom is -0.390 e. The van der Waals surface area contributed by atoms with Gasteiger partial charge in [-0.2, -0.15) is 0 Å². The van der Waals surface area contributed by atoms with Crippen LogP contribution < -0.4 is 10.9 Å². The van der Waals surface area contributed by atoms with E-state index in [1.54, 1.807) is 39.0 Å². The fourth-order valence-electron chi connectivity index (χ4n) is 4.19. The molecule has 0 bridgehead atoms. The molecular formula is C26H24ClF3N4O3. The highest BCUT2D eigenvalue weighted by Crippen LogP contribution is 2.33. The highest BCUT2D eigenvalue weighted by molar-refractivity contribution is 6.31. The van der Waals surface area contributed by atoms with Crippen LogP contribution in [0, 0.1) is 12.7 Å². The van der Waals surface area contributed by atoms with E-state index in [1.807, 2.05) is 0 Å². The monoisotopic (exact) mass is 532 g/mol. The van der Waals surface area contributed by atoms with Crippen molar-refractivity contribution in [3.8, 4) is 11.4 Å². The molecule has 4 rings (SSSR count). The lowest BCUT2D eigenvalue weighted by molar-refractivity contribution is -0.0785. The van der Waals surface area contributed by atoms with E-state index in [0.717, 1.165) is 29.8 Å². The van der Waals surface area contributed by atoms with Crippen molar-refractivity contribution in [2.45, 2.75) is 38.7 Å². The first-order valence-corrected chi connectivity index (χ1v) is 11.8. The third kappa shape index (κ3) is 5.12. The zero-order chi connectivity index (χ0) is 27.1. The Morgan fingerprint density at radius 1 is 1.22 bits per heavy atom. The highest BCUT2D eigenvalue weighted by atomic mass is 35.5. The van der Waals surface area contributed by atoms with E-state index < -0.39 is 35.9 Å². The summed E-state index contributed by atoms with van der Waals surface area (Å²) >= 11 is 6.09. The highest BCUT2D eigenvalue weighted by Gasteiger charge is 2.41. The third-order valence-electron chi connectivity index (χ3n) is 6.05. The Balaban J connectivity index is 1.81. The summed E-state index contributed by atoms with van der Waals surface area (Å²) in [6.07, 6.45) is 1.31. The second-order valence-electron chi connectivity index (χ2n) is 9.05. The SMILES string of the molecule is Cc1cc(-c2nn3cc(C(=O)N[C@@H](c4ccc(F)cc4)C(F)(F)CO)c(C(C)C)c3c(=O)[nH]2)ccc1Cl. The average molecular weight is 533 g/mol. The molecule has 3 N–H and O–H groups in total. The molecular weight excluding hydrogens is 509 g/mol. The molecule has 37 heavy (non-hydrogen) atoms. The smallest absolute Gasteiger partial charge is 0.294 e. The predicted molar refractivity (Wildman–Crippen MR) is 134 cm³/mol. The summed E-state index contributed by atoms with van der Waals surface area (Å²) in [4.78, 5) is 29.2. The first-order chi connectivity index (χ1) is 17.4. The molecule has 0 radical (unpaired) electrons. The third-order valence-corrected chi connectivity index (χ3v) is 6.47. The number of nitrogens with zero attached hydrogens (tertiary/aromatic N) is 2. The molecule has 194 valence electrons. The van der Waals surface area contributed by atoms with Gasteiger partial charge in [-0.25, -0.2) is 17.7 Å². The number of benzene rings is 2. The summed E-state index contributed by atoms with van der Waals surface area (Å²) in [6, 6.07) is 7.33. The fraction of sp³-hybridized carbons (Fsp3) is 0.269. The van der Waals surface area contributed by atoms with Gasteiger partial charge in [0.1, 0.15) is 24.0 Å². The summed E-state index contributed by atoms with van der Waals surface area (Å²) < 4.78 is 44.0. The number of amides is 1. The number of fused-ring (bicyclic) bond motifs is 1. The summed E-state index contributed by atoms with van der Waals surface area (Å²) in [6.45, 7) is 3.76. The molecule has 0 saturated carbocycles. The van der Waals surface area contributed by atoms with Gasteiger partial charge in [0.2, 0.25) is 0 Å². The average Bonchev–Trinajstić information content (AvgIpc) is 3.25. The van der Waals surface area contributed by atoms with Crippen molar-refractivity contribution in [1.29, 1.82) is 0 Å². The van der Waals surface area contributed by atoms with Gasteiger partial charge in [0, 0.05) is 22.3 Å². The number of rotatable bonds is 7. The number of H-pyrrole nitrogens is 1. The normalized spacial score (nSPS) is 12.8. The lowest BCUT2D eigenvalue weighted by Gasteiger charge is -2.27. The Morgan fingerprint density at radius 3 is 2.49 bits per heavy atom. The molecule has 0 unspecified atom stereocenters. The zero-order valence-corrected chi connectivity index (χ0v) is 20.9. The molecule has 2 heterocycles. The number of carbonyl (C=O) groups excluding carboxylic acids is 1. The quantitative estimate of drug-likeness (QED) is 0.311. The summed E-state index contributed by atoms with van der Waals surface area (Å²) in [5.41, 5.74) is 1.13. The van der Waals surface area contributed by atoms with Crippen LogP contribution in [-0.2, 0) is 0 Å². The Hall–Kier alpha value is -3.63. The number of aliphatic hydroxyl groups is 1. The van der Waals surface area contributed by atoms with Gasteiger partial charge in [-0.15, -0.1) is 5.10 Å². The second-order valence-corrected chi connectivity index (χ2v) is 9.46. The predicted octanol–water partition coefficient (Wildman–Crippen LogP) is 5.01. The molecule has 11 heteroatoms. The van der Waals surface area contributed by atoms with Gasteiger partial charge >= 0.3 is 0 Å². The maximum absolute atomic E-state index is 14.7. The summed E-state index contributed by atoms with van der Waals surface area (Å²) in [5.74, 6) is -5.41. The largest absolute Gasteiger partial charge is 0.390 e. The minimum absolute atomic E-state index is 0.0294. The molecule has 0 fully saturated rings. The van der Waals surface area contributed by atoms with Crippen molar-refractivity contribution >= 4 is 23.0 Å².